The lowest BCUT2D eigenvalue weighted by molar-refractivity contribution is 0.0320. The van der Waals surface area contributed by atoms with Crippen molar-refractivity contribution in [2.24, 2.45) is 10.9 Å². The Morgan fingerprint density at radius 2 is 2.08 bits per heavy atom. The van der Waals surface area contributed by atoms with Crippen LogP contribution in [0.25, 0.3) is 0 Å². The van der Waals surface area contributed by atoms with Gasteiger partial charge in [-0.1, -0.05) is 6.92 Å². The molecule has 7 heteroatoms. The van der Waals surface area contributed by atoms with Crippen LogP contribution in [0.2, 0.25) is 0 Å². The van der Waals surface area contributed by atoms with Crippen molar-refractivity contribution in [3.63, 3.8) is 0 Å². The summed E-state index contributed by atoms with van der Waals surface area (Å²) in [6.07, 6.45) is 0. The number of hydrogen-bond donors (Lipinski definition) is 2. The zero-order valence-corrected chi connectivity index (χ0v) is 18.2. The van der Waals surface area contributed by atoms with Crippen LogP contribution in [0.15, 0.2) is 17.1 Å². The molecule has 0 amide bonds. The first-order valence-electron chi connectivity index (χ1n) is 8.55. The van der Waals surface area contributed by atoms with Crippen molar-refractivity contribution < 1.29 is 4.74 Å². The second-order valence-electron chi connectivity index (χ2n) is 6.11. The van der Waals surface area contributed by atoms with Gasteiger partial charge in [-0.3, -0.25) is 4.90 Å². The van der Waals surface area contributed by atoms with E-state index in [0.29, 0.717) is 5.92 Å². The third kappa shape index (κ3) is 8.13. The van der Waals surface area contributed by atoms with Crippen LogP contribution in [-0.2, 0) is 11.3 Å². The van der Waals surface area contributed by atoms with E-state index >= 15 is 0 Å². The summed E-state index contributed by atoms with van der Waals surface area (Å²) in [6.45, 7) is 14.0. The van der Waals surface area contributed by atoms with Crippen LogP contribution in [0.4, 0.5) is 0 Å². The Kier molecular flexibility index (Phi) is 10.9. The lowest BCUT2D eigenvalue weighted by atomic mass is 10.1. The molecule has 24 heavy (non-hydrogen) atoms. The van der Waals surface area contributed by atoms with Gasteiger partial charge >= 0.3 is 0 Å². The van der Waals surface area contributed by atoms with Crippen LogP contribution in [-0.4, -0.2) is 56.8 Å². The summed E-state index contributed by atoms with van der Waals surface area (Å²) in [5.41, 5.74) is 0. The van der Waals surface area contributed by atoms with Crippen molar-refractivity contribution >= 4 is 41.3 Å². The van der Waals surface area contributed by atoms with Gasteiger partial charge in [-0.25, -0.2) is 4.99 Å². The van der Waals surface area contributed by atoms with Crippen molar-refractivity contribution in [2.45, 2.75) is 27.3 Å². The number of ether oxygens (including phenoxy) is 1. The fourth-order valence-electron chi connectivity index (χ4n) is 2.63. The molecule has 0 spiro atoms. The van der Waals surface area contributed by atoms with Gasteiger partial charge in [0.05, 0.1) is 19.8 Å². The third-order valence-corrected chi connectivity index (χ3v) is 4.81. The molecule has 5 nitrogen and oxygen atoms in total. The normalized spacial score (nSPS) is 17.2. The van der Waals surface area contributed by atoms with Gasteiger partial charge in [-0.2, -0.15) is 0 Å². The first-order chi connectivity index (χ1) is 11.2. The first kappa shape index (κ1) is 21.7. The maximum Gasteiger partial charge on any atom is 0.191 e. The summed E-state index contributed by atoms with van der Waals surface area (Å²) in [4.78, 5) is 9.81. The molecule has 1 fully saturated rings. The highest BCUT2D eigenvalue weighted by molar-refractivity contribution is 14.0. The van der Waals surface area contributed by atoms with E-state index in [1.54, 1.807) is 0 Å². The second kappa shape index (κ2) is 12.1. The number of aliphatic imine (C=N–C) groups is 1. The first-order valence-corrected chi connectivity index (χ1v) is 9.36. The molecular formula is C17H31IN4OS. The van der Waals surface area contributed by atoms with Crippen molar-refractivity contribution in [2.75, 3.05) is 45.9 Å². The Hall–Kier alpha value is -0.380. The maximum absolute atomic E-state index is 5.40. The summed E-state index contributed by atoms with van der Waals surface area (Å²) in [5.74, 6) is 1.49. The van der Waals surface area contributed by atoms with E-state index < -0.39 is 0 Å². The van der Waals surface area contributed by atoms with E-state index in [0.717, 1.165) is 58.4 Å². The van der Waals surface area contributed by atoms with E-state index in [-0.39, 0.29) is 24.0 Å². The van der Waals surface area contributed by atoms with Gasteiger partial charge in [0.2, 0.25) is 0 Å². The SMILES string of the molecule is CCNC(=NCc1ccc(C)s1)NCC(C)CN1CCOCC1.I. The fourth-order valence-corrected chi connectivity index (χ4v) is 3.44. The van der Waals surface area contributed by atoms with Gasteiger partial charge in [-0.05, 0) is 31.9 Å². The number of guanidine groups is 1. The van der Waals surface area contributed by atoms with Crippen LogP contribution in [0.3, 0.4) is 0 Å². The number of nitrogens with zero attached hydrogens (tertiary/aromatic N) is 2. The molecule has 2 N–H and O–H groups in total. The molecule has 0 aromatic carbocycles. The van der Waals surface area contributed by atoms with E-state index in [9.17, 15) is 0 Å². The predicted molar refractivity (Wildman–Crippen MR) is 114 cm³/mol. The summed E-state index contributed by atoms with van der Waals surface area (Å²) < 4.78 is 5.40. The quantitative estimate of drug-likeness (QED) is 0.369. The number of nitrogens with one attached hydrogen (secondary N) is 2. The third-order valence-electron chi connectivity index (χ3n) is 3.82. The summed E-state index contributed by atoms with van der Waals surface area (Å²) in [6, 6.07) is 4.31. The van der Waals surface area contributed by atoms with Gasteiger partial charge < -0.3 is 15.4 Å². The van der Waals surface area contributed by atoms with Crippen LogP contribution < -0.4 is 10.6 Å². The smallest absolute Gasteiger partial charge is 0.191 e. The van der Waals surface area contributed by atoms with Crippen LogP contribution in [0, 0.1) is 12.8 Å². The number of morpholine rings is 1. The van der Waals surface area contributed by atoms with Crippen molar-refractivity contribution in [3.05, 3.63) is 21.9 Å². The highest BCUT2D eigenvalue weighted by atomic mass is 127. The lowest BCUT2D eigenvalue weighted by Crippen LogP contribution is -2.44. The molecule has 0 radical (unpaired) electrons. The topological polar surface area (TPSA) is 48.9 Å². The maximum atomic E-state index is 5.40. The highest BCUT2D eigenvalue weighted by Crippen LogP contribution is 2.15. The molecule has 0 aliphatic carbocycles. The number of halogens is 1. The lowest BCUT2D eigenvalue weighted by Gasteiger charge is -2.29. The molecule has 138 valence electrons. The molecule has 1 aromatic rings. The molecule has 0 bridgehead atoms. The van der Waals surface area contributed by atoms with Crippen molar-refractivity contribution in [1.82, 2.24) is 15.5 Å². The van der Waals surface area contributed by atoms with Gasteiger partial charge in [0.1, 0.15) is 0 Å². The fraction of sp³-hybridized carbons (Fsp3) is 0.706. The van der Waals surface area contributed by atoms with Crippen LogP contribution in [0.5, 0.6) is 0 Å². The molecule has 1 aliphatic heterocycles. The average molecular weight is 466 g/mol. The Morgan fingerprint density at radius 3 is 2.71 bits per heavy atom. The Bertz CT molecular complexity index is 489. The molecule has 2 heterocycles. The predicted octanol–water partition coefficient (Wildman–Crippen LogP) is 2.70. The van der Waals surface area contributed by atoms with E-state index in [4.69, 9.17) is 4.74 Å². The molecule has 1 aliphatic rings. The summed E-state index contributed by atoms with van der Waals surface area (Å²) in [5, 5.41) is 6.80. The van der Waals surface area contributed by atoms with Gasteiger partial charge in [-0.15, -0.1) is 35.3 Å². The Labute approximate surface area is 167 Å². The second-order valence-corrected chi connectivity index (χ2v) is 7.48. The van der Waals surface area contributed by atoms with E-state index in [2.05, 4.69) is 53.4 Å². The highest BCUT2D eigenvalue weighted by Gasteiger charge is 2.13. The Balaban J connectivity index is 0.00000288. The number of thiophene rings is 1. The monoisotopic (exact) mass is 466 g/mol. The van der Waals surface area contributed by atoms with Crippen molar-refractivity contribution in [3.8, 4) is 0 Å². The van der Waals surface area contributed by atoms with Crippen LogP contribution in [0.1, 0.15) is 23.6 Å². The van der Waals surface area contributed by atoms with E-state index in [1.165, 1.54) is 9.75 Å². The zero-order valence-electron chi connectivity index (χ0n) is 15.0. The van der Waals surface area contributed by atoms with Gasteiger partial charge in [0.25, 0.3) is 0 Å². The summed E-state index contributed by atoms with van der Waals surface area (Å²) >= 11 is 1.81. The van der Waals surface area contributed by atoms with Gasteiger partial charge in [0.15, 0.2) is 5.96 Å². The minimum absolute atomic E-state index is 0. The standard InChI is InChI=1S/C17H30N4OS.HI/c1-4-18-17(20-12-16-6-5-15(3)23-16)19-11-14(2)13-21-7-9-22-10-8-21;/h5-6,14H,4,7-13H2,1-3H3,(H2,18,19,20);1H. The van der Waals surface area contributed by atoms with Crippen molar-refractivity contribution in [1.29, 1.82) is 0 Å². The molecule has 1 saturated heterocycles. The van der Waals surface area contributed by atoms with E-state index in [1.807, 2.05) is 11.3 Å². The molecule has 1 aromatic heterocycles. The molecule has 1 atom stereocenters. The summed E-state index contributed by atoms with van der Waals surface area (Å²) in [7, 11) is 0. The number of rotatable bonds is 7. The Morgan fingerprint density at radius 1 is 1.33 bits per heavy atom. The minimum atomic E-state index is 0. The molecule has 0 saturated carbocycles. The number of hydrogen-bond acceptors (Lipinski definition) is 4. The van der Waals surface area contributed by atoms with Crippen LogP contribution >= 0.6 is 35.3 Å². The molecular weight excluding hydrogens is 435 g/mol. The minimum Gasteiger partial charge on any atom is -0.379 e. The zero-order chi connectivity index (χ0) is 16.5. The largest absolute Gasteiger partial charge is 0.379 e. The number of aryl methyl sites for hydroxylation is 1. The average Bonchev–Trinajstić information content (AvgIpc) is 2.96. The molecule has 2 rings (SSSR count). The van der Waals surface area contributed by atoms with Gasteiger partial charge in [0, 0.05) is 42.5 Å². The molecule has 1 unspecified atom stereocenters.